The van der Waals surface area contributed by atoms with Gasteiger partial charge in [-0.05, 0) is 31.6 Å². The van der Waals surface area contributed by atoms with Crippen LogP contribution in [-0.4, -0.2) is 11.4 Å². The molecule has 1 N–H and O–H groups in total. The van der Waals surface area contributed by atoms with Crippen molar-refractivity contribution in [1.29, 1.82) is 0 Å². The maximum Gasteiger partial charge on any atom is 0.224 e. The van der Waals surface area contributed by atoms with Crippen molar-refractivity contribution in [3.8, 4) is 0 Å². The van der Waals surface area contributed by atoms with Gasteiger partial charge in [-0.2, -0.15) is 0 Å². The van der Waals surface area contributed by atoms with E-state index in [0.29, 0.717) is 0 Å². The van der Waals surface area contributed by atoms with Crippen LogP contribution >= 0.6 is 0 Å². The van der Waals surface area contributed by atoms with Gasteiger partial charge in [-0.15, -0.1) is 0 Å². The predicted octanol–water partition coefficient (Wildman–Crippen LogP) is 1.70. The summed E-state index contributed by atoms with van der Waals surface area (Å²) in [6.45, 7) is 6.44. The van der Waals surface area contributed by atoms with Gasteiger partial charge >= 0.3 is 0 Å². The molecular weight excluding hydrogens is 150 g/mol. The molecule has 0 saturated heterocycles. The first kappa shape index (κ1) is 8.09. The van der Waals surface area contributed by atoms with Crippen LogP contribution in [0.25, 0.3) is 0 Å². The number of carbonyl (C=O) groups is 1. The number of hydrogen-bond acceptors (Lipinski definition) is 1. The van der Waals surface area contributed by atoms with Gasteiger partial charge in [-0.1, -0.05) is 13.8 Å². The molecule has 0 heterocycles. The molecule has 0 spiro atoms. The van der Waals surface area contributed by atoms with Crippen molar-refractivity contribution in [3.63, 3.8) is 0 Å². The Hall–Kier alpha value is -0.530. The summed E-state index contributed by atoms with van der Waals surface area (Å²) in [5.41, 5.74) is 0.436. The molecule has 2 heteroatoms. The van der Waals surface area contributed by atoms with Crippen LogP contribution in [0.15, 0.2) is 0 Å². The van der Waals surface area contributed by atoms with Gasteiger partial charge in [-0.25, -0.2) is 0 Å². The molecule has 0 aromatic heterocycles. The first-order valence-corrected chi connectivity index (χ1v) is 4.75. The van der Waals surface area contributed by atoms with E-state index < -0.39 is 0 Å². The normalized spacial score (nSPS) is 34.1. The average Bonchev–Trinajstić information content (AvgIpc) is 2.74. The number of rotatable bonds is 2. The Labute approximate surface area is 73.7 Å². The number of amides is 1. The van der Waals surface area contributed by atoms with Crippen molar-refractivity contribution in [2.75, 3.05) is 0 Å². The van der Waals surface area contributed by atoms with Crippen molar-refractivity contribution in [2.45, 2.75) is 45.6 Å². The Kier molecular flexibility index (Phi) is 1.37. The van der Waals surface area contributed by atoms with Crippen molar-refractivity contribution < 1.29 is 4.79 Å². The van der Waals surface area contributed by atoms with Crippen LogP contribution in [0.5, 0.6) is 0 Å². The summed E-state index contributed by atoms with van der Waals surface area (Å²) in [7, 11) is 0. The molecule has 1 atom stereocenters. The van der Waals surface area contributed by atoms with Crippen molar-refractivity contribution >= 4 is 5.91 Å². The van der Waals surface area contributed by atoms with Gasteiger partial charge in [0.15, 0.2) is 0 Å². The molecule has 2 nitrogen and oxygen atoms in total. The van der Waals surface area contributed by atoms with Crippen molar-refractivity contribution in [3.05, 3.63) is 0 Å². The Balaban J connectivity index is 1.87. The molecule has 0 bridgehead atoms. The van der Waals surface area contributed by atoms with E-state index in [1.807, 2.05) is 0 Å². The van der Waals surface area contributed by atoms with E-state index in [4.69, 9.17) is 0 Å². The lowest BCUT2D eigenvalue weighted by Crippen LogP contribution is -2.36. The smallest absolute Gasteiger partial charge is 0.224 e. The molecule has 1 amide bonds. The molecule has 0 aromatic carbocycles. The van der Waals surface area contributed by atoms with Crippen LogP contribution in [-0.2, 0) is 4.79 Å². The third kappa shape index (κ3) is 1.35. The minimum absolute atomic E-state index is 0.162. The quantitative estimate of drug-likeness (QED) is 0.666. The van der Waals surface area contributed by atoms with E-state index in [0.717, 1.165) is 19.3 Å². The molecular formula is C10H17NO. The SMILES string of the molecule is CC1(NC(=O)[C@H]2CC2(C)C)CC1. The molecule has 2 aliphatic rings. The van der Waals surface area contributed by atoms with E-state index in [1.54, 1.807) is 0 Å². The molecule has 2 saturated carbocycles. The average molecular weight is 167 g/mol. The monoisotopic (exact) mass is 167 g/mol. The van der Waals surface area contributed by atoms with Crippen LogP contribution in [0, 0.1) is 11.3 Å². The zero-order chi connectivity index (χ0) is 8.98. The topological polar surface area (TPSA) is 29.1 Å². The lowest BCUT2D eigenvalue weighted by atomic mass is 10.1. The maximum atomic E-state index is 11.6. The van der Waals surface area contributed by atoms with Crippen molar-refractivity contribution in [2.24, 2.45) is 11.3 Å². The standard InChI is InChI=1S/C10H17NO/c1-9(2)6-7(9)8(12)11-10(3)4-5-10/h7H,4-6H2,1-3H3,(H,11,12)/t7-/m1/s1. The highest BCUT2D eigenvalue weighted by atomic mass is 16.2. The number of hydrogen-bond donors (Lipinski definition) is 1. The summed E-state index contributed by atoms with van der Waals surface area (Å²) >= 11 is 0. The van der Waals surface area contributed by atoms with Crippen LogP contribution in [0.3, 0.4) is 0 Å². The van der Waals surface area contributed by atoms with E-state index >= 15 is 0 Å². The lowest BCUT2D eigenvalue weighted by molar-refractivity contribution is -0.123. The van der Waals surface area contributed by atoms with Crippen LogP contribution in [0.1, 0.15) is 40.0 Å². The Morgan fingerprint density at radius 2 is 1.83 bits per heavy atom. The van der Waals surface area contributed by atoms with E-state index in [-0.39, 0.29) is 22.8 Å². The zero-order valence-corrected chi connectivity index (χ0v) is 8.11. The molecule has 0 aliphatic heterocycles. The van der Waals surface area contributed by atoms with Gasteiger partial charge in [0.25, 0.3) is 0 Å². The Morgan fingerprint density at radius 1 is 1.33 bits per heavy atom. The fourth-order valence-electron chi connectivity index (χ4n) is 1.61. The molecule has 68 valence electrons. The summed E-state index contributed by atoms with van der Waals surface area (Å²) in [6.07, 6.45) is 3.38. The Morgan fingerprint density at radius 3 is 2.17 bits per heavy atom. The lowest BCUT2D eigenvalue weighted by Gasteiger charge is -2.11. The molecule has 2 fully saturated rings. The summed E-state index contributed by atoms with van der Waals surface area (Å²) in [5.74, 6) is 0.565. The highest BCUT2D eigenvalue weighted by Crippen LogP contribution is 2.52. The van der Waals surface area contributed by atoms with E-state index in [1.165, 1.54) is 0 Å². The van der Waals surface area contributed by atoms with E-state index in [2.05, 4.69) is 26.1 Å². The molecule has 12 heavy (non-hydrogen) atoms. The number of carbonyl (C=O) groups excluding carboxylic acids is 1. The van der Waals surface area contributed by atoms with Gasteiger partial charge in [-0.3, -0.25) is 4.79 Å². The number of nitrogens with one attached hydrogen (secondary N) is 1. The predicted molar refractivity (Wildman–Crippen MR) is 47.7 cm³/mol. The van der Waals surface area contributed by atoms with Gasteiger partial charge in [0.1, 0.15) is 0 Å². The second-order valence-electron chi connectivity index (χ2n) is 5.30. The van der Waals surface area contributed by atoms with Crippen molar-refractivity contribution in [1.82, 2.24) is 5.32 Å². The minimum Gasteiger partial charge on any atom is -0.351 e. The summed E-state index contributed by atoms with van der Waals surface area (Å²) in [4.78, 5) is 11.6. The molecule has 2 rings (SSSR count). The van der Waals surface area contributed by atoms with Crippen LogP contribution < -0.4 is 5.32 Å². The fourth-order valence-corrected chi connectivity index (χ4v) is 1.61. The summed E-state index contributed by atoms with van der Waals surface area (Å²) < 4.78 is 0. The first-order valence-electron chi connectivity index (χ1n) is 4.75. The first-order chi connectivity index (χ1) is 5.43. The van der Waals surface area contributed by atoms with Gasteiger partial charge in [0.05, 0.1) is 0 Å². The third-order valence-electron chi connectivity index (χ3n) is 3.25. The molecule has 0 radical (unpaired) electrons. The zero-order valence-electron chi connectivity index (χ0n) is 8.11. The second kappa shape index (κ2) is 2.04. The van der Waals surface area contributed by atoms with Gasteiger partial charge in [0, 0.05) is 11.5 Å². The van der Waals surface area contributed by atoms with E-state index in [9.17, 15) is 4.79 Å². The maximum absolute atomic E-state index is 11.6. The minimum atomic E-state index is 0.162. The highest BCUT2D eigenvalue weighted by molar-refractivity contribution is 5.83. The molecule has 0 unspecified atom stereocenters. The van der Waals surface area contributed by atoms with Gasteiger partial charge in [0.2, 0.25) is 5.91 Å². The summed E-state index contributed by atoms with van der Waals surface area (Å²) in [6, 6.07) is 0. The Bertz CT molecular complexity index is 228. The summed E-state index contributed by atoms with van der Waals surface area (Å²) in [5, 5.41) is 3.11. The molecule has 0 aromatic rings. The fraction of sp³-hybridized carbons (Fsp3) is 0.900. The van der Waals surface area contributed by atoms with Gasteiger partial charge < -0.3 is 5.32 Å². The second-order valence-corrected chi connectivity index (χ2v) is 5.30. The largest absolute Gasteiger partial charge is 0.351 e. The molecule has 2 aliphatic carbocycles. The van der Waals surface area contributed by atoms with Crippen LogP contribution in [0.2, 0.25) is 0 Å². The third-order valence-corrected chi connectivity index (χ3v) is 3.25. The highest BCUT2D eigenvalue weighted by Gasteiger charge is 2.52. The van der Waals surface area contributed by atoms with Crippen LogP contribution in [0.4, 0.5) is 0 Å².